The number of halogens is 2. The normalized spacial score (nSPS) is 15.4. The van der Waals surface area contributed by atoms with E-state index < -0.39 is 32.1 Å². The van der Waals surface area contributed by atoms with E-state index in [0.717, 1.165) is 12.1 Å². The first kappa shape index (κ1) is 15.0. The molecule has 3 N–H and O–H groups in total. The van der Waals surface area contributed by atoms with Crippen molar-refractivity contribution in [1.82, 2.24) is 4.72 Å². The van der Waals surface area contributed by atoms with Crippen molar-refractivity contribution in [2.75, 3.05) is 6.54 Å². The number of benzene rings is 1. The molecular weight excluding hydrogens is 262 g/mol. The van der Waals surface area contributed by atoms with Crippen LogP contribution in [0.1, 0.15) is 20.3 Å². The van der Waals surface area contributed by atoms with Crippen molar-refractivity contribution in [1.29, 1.82) is 0 Å². The second-order valence-electron chi connectivity index (χ2n) is 4.30. The molecule has 0 aliphatic rings. The summed E-state index contributed by atoms with van der Waals surface area (Å²) in [5, 5.41) is 0. The Morgan fingerprint density at radius 1 is 1.39 bits per heavy atom. The molecule has 102 valence electrons. The number of hydrogen-bond acceptors (Lipinski definition) is 3. The van der Waals surface area contributed by atoms with Gasteiger partial charge in [0.05, 0.1) is 0 Å². The van der Waals surface area contributed by atoms with Crippen LogP contribution in [0.2, 0.25) is 0 Å². The Morgan fingerprint density at radius 2 is 2.00 bits per heavy atom. The summed E-state index contributed by atoms with van der Waals surface area (Å²) in [6.07, 6.45) is 0.450. The molecule has 0 saturated carbocycles. The molecule has 1 rings (SSSR count). The van der Waals surface area contributed by atoms with E-state index in [4.69, 9.17) is 5.73 Å². The summed E-state index contributed by atoms with van der Waals surface area (Å²) in [6.45, 7) is 3.45. The van der Waals surface area contributed by atoms with E-state index in [0.29, 0.717) is 12.5 Å². The van der Waals surface area contributed by atoms with Gasteiger partial charge in [0.2, 0.25) is 10.0 Å². The van der Waals surface area contributed by atoms with Crippen LogP contribution in [0.25, 0.3) is 0 Å². The molecule has 0 heterocycles. The molecule has 18 heavy (non-hydrogen) atoms. The smallest absolute Gasteiger partial charge is 0.244 e. The Bertz CT molecular complexity index is 528. The van der Waals surface area contributed by atoms with Crippen LogP contribution < -0.4 is 10.5 Å². The maximum atomic E-state index is 13.4. The van der Waals surface area contributed by atoms with Gasteiger partial charge in [-0.15, -0.1) is 0 Å². The molecule has 4 nitrogen and oxygen atoms in total. The van der Waals surface area contributed by atoms with E-state index in [1.54, 1.807) is 13.8 Å². The average Bonchev–Trinajstić information content (AvgIpc) is 2.27. The number of rotatable bonds is 5. The Hall–Kier alpha value is -1.05. The van der Waals surface area contributed by atoms with Gasteiger partial charge in [-0.2, -0.15) is 0 Å². The van der Waals surface area contributed by atoms with Crippen LogP contribution in [0.4, 0.5) is 8.78 Å². The summed E-state index contributed by atoms with van der Waals surface area (Å²) in [5.41, 5.74) is 4.62. The van der Waals surface area contributed by atoms with Gasteiger partial charge in [0.1, 0.15) is 16.5 Å². The van der Waals surface area contributed by atoms with Gasteiger partial charge in [0, 0.05) is 18.2 Å². The summed E-state index contributed by atoms with van der Waals surface area (Å²) >= 11 is 0. The maximum Gasteiger partial charge on any atom is 0.244 e. The van der Waals surface area contributed by atoms with Crippen molar-refractivity contribution in [3.8, 4) is 0 Å². The summed E-state index contributed by atoms with van der Waals surface area (Å²) in [6, 6.07) is 2.31. The zero-order valence-electron chi connectivity index (χ0n) is 10.2. The quantitative estimate of drug-likeness (QED) is 0.854. The van der Waals surface area contributed by atoms with E-state index in [1.807, 2.05) is 0 Å². The van der Waals surface area contributed by atoms with Gasteiger partial charge in [0.15, 0.2) is 0 Å². The minimum absolute atomic E-state index is 0.0749. The molecule has 0 fully saturated rings. The SMILES string of the molecule is CCC(C)(CN)NS(=O)(=O)c1ccc(F)cc1F. The Morgan fingerprint density at radius 3 is 2.44 bits per heavy atom. The van der Waals surface area contributed by atoms with Crippen molar-refractivity contribution in [2.24, 2.45) is 5.73 Å². The molecule has 0 saturated heterocycles. The molecule has 7 heteroatoms. The number of hydrogen-bond donors (Lipinski definition) is 2. The Labute approximate surface area is 105 Å². The van der Waals surface area contributed by atoms with Crippen LogP contribution in [0.3, 0.4) is 0 Å². The highest BCUT2D eigenvalue weighted by atomic mass is 32.2. The topological polar surface area (TPSA) is 72.2 Å². The van der Waals surface area contributed by atoms with Crippen molar-refractivity contribution < 1.29 is 17.2 Å². The minimum Gasteiger partial charge on any atom is -0.329 e. The summed E-state index contributed by atoms with van der Waals surface area (Å²) in [4.78, 5) is -0.586. The highest BCUT2D eigenvalue weighted by Crippen LogP contribution is 2.18. The molecule has 0 aliphatic carbocycles. The lowest BCUT2D eigenvalue weighted by Crippen LogP contribution is -2.50. The molecule has 1 atom stereocenters. The summed E-state index contributed by atoms with van der Waals surface area (Å²) in [7, 11) is -4.06. The van der Waals surface area contributed by atoms with Crippen LogP contribution in [0.5, 0.6) is 0 Å². The molecule has 1 aromatic rings. The van der Waals surface area contributed by atoms with Gasteiger partial charge >= 0.3 is 0 Å². The van der Waals surface area contributed by atoms with Crippen LogP contribution in [-0.2, 0) is 10.0 Å². The molecule has 0 amide bonds. The highest BCUT2D eigenvalue weighted by molar-refractivity contribution is 7.89. The molecule has 0 spiro atoms. The summed E-state index contributed by atoms with van der Waals surface area (Å²) < 4.78 is 52.4. The van der Waals surface area contributed by atoms with E-state index in [-0.39, 0.29) is 6.54 Å². The van der Waals surface area contributed by atoms with Gasteiger partial charge in [-0.3, -0.25) is 0 Å². The van der Waals surface area contributed by atoms with Crippen molar-refractivity contribution >= 4 is 10.0 Å². The lowest BCUT2D eigenvalue weighted by molar-refractivity contribution is 0.410. The van der Waals surface area contributed by atoms with Crippen molar-refractivity contribution in [2.45, 2.75) is 30.7 Å². The van der Waals surface area contributed by atoms with Gasteiger partial charge in [0.25, 0.3) is 0 Å². The second kappa shape index (κ2) is 5.29. The van der Waals surface area contributed by atoms with E-state index in [9.17, 15) is 17.2 Å². The third-order valence-electron chi connectivity index (χ3n) is 2.80. The molecule has 1 aromatic carbocycles. The van der Waals surface area contributed by atoms with Crippen LogP contribution in [0.15, 0.2) is 23.1 Å². The van der Waals surface area contributed by atoms with Crippen molar-refractivity contribution in [3.63, 3.8) is 0 Å². The fraction of sp³-hybridized carbons (Fsp3) is 0.455. The monoisotopic (exact) mass is 278 g/mol. The van der Waals surface area contributed by atoms with Crippen LogP contribution in [0, 0.1) is 11.6 Å². The van der Waals surface area contributed by atoms with Crippen molar-refractivity contribution in [3.05, 3.63) is 29.8 Å². The highest BCUT2D eigenvalue weighted by Gasteiger charge is 2.29. The van der Waals surface area contributed by atoms with Gasteiger partial charge in [-0.25, -0.2) is 21.9 Å². The first-order valence-electron chi connectivity index (χ1n) is 5.43. The molecule has 1 unspecified atom stereocenters. The lowest BCUT2D eigenvalue weighted by atomic mass is 10.0. The van der Waals surface area contributed by atoms with Crippen LogP contribution >= 0.6 is 0 Å². The largest absolute Gasteiger partial charge is 0.329 e. The molecule has 0 aromatic heterocycles. The van der Waals surface area contributed by atoms with Gasteiger partial charge < -0.3 is 5.73 Å². The van der Waals surface area contributed by atoms with Gasteiger partial charge in [-0.1, -0.05) is 6.92 Å². The Kier molecular flexibility index (Phi) is 4.41. The lowest BCUT2D eigenvalue weighted by Gasteiger charge is -2.27. The minimum atomic E-state index is -4.06. The van der Waals surface area contributed by atoms with E-state index in [2.05, 4.69) is 4.72 Å². The average molecular weight is 278 g/mol. The van der Waals surface area contributed by atoms with Gasteiger partial charge in [-0.05, 0) is 25.5 Å². The predicted octanol–water partition coefficient (Wildman–Crippen LogP) is 1.37. The first-order valence-corrected chi connectivity index (χ1v) is 6.91. The fourth-order valence-electron chi connectivity index (χ4n) is 1.33. The van der Waals surface area contributed by atoms with E-state index >= 15 is 0 Å². The fourth-order valence-corrected chi connectivity index (χ4v) is 2.88. The maximum absolute atomic E-state index is 13.4. The van der Waals surface area contributed by atoms with Crippen LogP contribution in [-0.4, -0.2) is 20.5 Å². The molecule has 0 aliphatic heterocycles. The number of nitrogens with one attached hydrogen (secondary N) is 1. The predicted molar refractivity (Wildman–Crippen MR) is 64.4 cm³/mol. The number of nitrogens with two attached hydrogens (primary N) is 1. The number of sulfonamides is 1. The molecular formula is C11H16F2N2O2S. The second-order valence-corrected chi connectivity index (χ2v) is 5.95. The van der Waals surface area contributed by atoms with E-state index in [1.165, 1.54) is 0 Å². The molecule has 0 radical (unpaired) electrons. The standard InChI is InChI=1S/C11H16F2N2O2S/c1-3-11(2,7-14)15-18(16,17)10-5-4-8(12)6-9(10)13/h4-6,15H,3,7,14H2,1-2H3. The zero-order valence-corrected chi connectivity index (χ0v) is 11.0. The third kappa shape index (κ3) is 3.24. The molecule has 0 bridgehead atoms. The third-order valence-corrected chi connectivity index (χ3v) is 4.47. The summed E-state index contributed by atoms with van der Waals surface area (Å²) in [5.74, 6) is -1.96. The Balaban J connectivity index is 3.15. The first-order chi connectivity index (χ1) is 8.24. The zero-order chi connectivity index (χ0) is 14.0.